The summed E-state index contributed by atoms with van der Waals surface area (Å²) < 4.78 is 0. The highest BCUT2D eigenvalue weighted by molar-refractivity contribution is 4.87. The zero-order valence-electron chi connectivity index (χ0n) is 8.25. The summed E-state index contributed by atoms with van der Waals surface area (Å²) in [7, 11) is 0. The van der Waals surface area contributed by atoms with E-state index in [2.05, 4.69) is 6.92 Å². The second kappa shape index (κ2) is 3.35. The van der Waals surface area contributed by atoms with E-state index >= 15 is 0 Å². The van der Waals surface area contributed by atoms with E-state index in [0.29, 0.717) is 5.92 Å². The van der Waals surface area contributed by atoms with Crippen LogP contribution in [0, 0.1) is 11.8 Å². The van der Waals surface area contributed by atoms with Crippen LogP contribution in [-0.2, 0) is 0 Å². The van der Waals surface area contributed by atoms with Gasteiger partial charge in [-0.25, -0.2) is 0 Å². The molecule has 2 nitrogen and oxygen atoms in total. The Labute approximate surface area is 74.6 Å². The van der Waals surface area contributed by atoms with Crippen molar-refractivity contribution in [2.24, 2.45) is 11.8 Å². The lowest BCUT2D eigenvalue weighted by atomic mass is 9.73. The first-order valence-corrected chi connectivity index (χ1v) is 4.81. The third-order valence-corrected chi connectivity index (χ3v) is 2.99. The average Bonchev–Trinajstić information content (AvgIpc) is 1.83. The van der Waals surface area contributed by atoms with Gasteiger partial charge in [0.15, 0.2) is 0 Å². The van der Waals surface area contributed by atoms with Crippen LogP contribution in [0.1, 0.15) is 40.0 Å². The summed E-state index contributed by atoms with van der Waals surface area (Å²) in [5, 5.41) is 19.5. The van der Waals surface area contributed by atoms with Crippen molar-refractivity contribution in [2.45, 2.75) is 51.7 Å². The standard InChI is InChI=1S/C10H20O2/c1-7-4-5-8(9(11)6-7)10(2,3)12/h7-9,11-12H,4-6H2,1-3H3/t7-,8+,9+/m0/s1. The molecule has 0 aromatic heterocycles. The second-order valence-corrected chi connectivity index (χ2v) is 4.75. The van der Waals surface area contributed by atoms with Gasteiger partial charge in [-0.15, -0.1) is 0 Å². The summed E-state index contributed by atoms with van der Waals surface area (Å²) in [6.45, 7) is 5.73. The Morgan fingerprint density at radius 3 is 2.25 bits per heavy atom. The fourth-order valence-electron chi connectivity index (χ4n) is 2.17. The van der Waals surface area contributed by atoms with Crippen molar-refractivity contribution in [3.05, 3.63) is 0 Å². The van der Waals surface area contributed by atoms with E-state index in [1.54, 1.807) is 13.8 Å². The molecule has 2 heteroatoms. The molecule has 0 amide bonds. The Balaban J connectivity index is 2.57. The molecule has 0 aliphatic heterocycles. The van der Waals surface area contributed by atoms with Crippen LogP contribution in [0.4, 0.5) is 0 Å². The van der Waals surface area contributed by atoms with Crippen LogP contribution in [0.3, 0.4) is 0 Å². The summed E-state index contributed by atoms with van der Waals surface area (Å²) in [6.07, 6.45) is 2.61. The molecule has 2 N–H and O–H groups in total. The van der Waals surface area contributed by atoms with Gasteiger partial charge in [0.05, 0.1) is 11.7 Å². The Morgan fingerprint density at radius 2 is 1.83 bits per heavy atom. The van der Waals surface area contributed by atoms with Crippen molar-refractivity contribution in [2.75, 3.05) is 0 Å². The largest absolute Gasteiger partial charge is 0.393 e. The van der Waals surface area contributed by atoms with Crippen molar-refractivity contribution >= 4 is 0 Å². The summed E-state index contributed by atoms with van der Waals surface area (Å²) in [4.78, 5) is 0. The normalized spacial score (nSPS) is 38.2. The van der Waals surface area contributed by atoms with E-state index in [4.69, 9.17) is 0 Å². The Morgan fingerprint density at radius 1 is 1.25 bits per heavy atom. The lowest BCUT2D eigenvalue weighted by Crippen LogP contribution is -2.42. The SMILES string of the molecule is C[C@H]1CC[C@@H](C(C)(C)O)[C@H](O)C1. The predicted octanol–water partition coefficient (Wildman–Crippen LogP) is 1.55. The van der Waals surface area contributed by atoms with Gasteiger partial charge in [0.2, 0.25) is 0 Å². The van der Waals surface area contributed by atoms with E-state index in [1.165, 1.54) is 0 Å². The molecule has 1 aliphatic rings. The molecule has 12 heavy (non-hydrogen) atoms. The lowest BCUT2D eigenvalue weighted by Gasteiger charge is -2.38. The molecule has 3 atom stereocenters. The van der Waals surface area contributed by atoms with Gasteiger partial charge in [-0.2, -0.15) is 0 Å². The van der Waals surface area contributed by atoms with E-state index < -0.39 is 5.60 Å². The molecular weight excluding hydrogens is 152 g/mol. The number of hydrogen-bond donors (Lipinski definition) is 2. The maximum atomic E-state index is 9.74. The third kappa shape index (κ3) is 2.20. The Bertz CT molecular complexity index is 148. The minimum atomic E-state index is -0.723. The minimum absolute atomic E-state index is 0.0636. The molecule has 1 fully saturated rings. The molecule has 1 saturated carbocycles. The highest BCUT2D eigenvalue weighted by Crippen LogP contribution is 2.35. The Hall–Kier alpha value is -0.0800. The maximum absolute atomic E-state index is 9.74. The number of rotatable bonds is 1. The van der Waals surface area contributed by atoms with E-state index in [9.17, 15) is 10.2 Å². The quantitative estimate of drug-likeness (QED) is 0.630. The van der Waals surface area contributed by atoms with Gasteiger partial charge in [-0.05, 0) is 32.6 Å². The number of aliphatic hydroxyl groups excluding tert-OH is 1. The highest BCUT2D eigenvalue weighted by Gasteiger charge is 2.36. The molecule has 72 valence electrons. The van der Waals surface area contributed by atoms with Crippen LogP contribution in [0.2, 0.25) is 0 Å². The van der Waals surface area contributed by atoms with Crippen molar-refractivity contribution in [3.63, 3.8) is 0 Å². The lowest BCUT2D eigenvalue weighted by molar-refractivity contribution is -0.0730. The van der Waals surface area contributed by atoms with Crippen LogP contribution in [0.25, 0.3) is 0 Å². The number of aliphatic hydroxyl groups is 2. The summed E-state index contributed by atoms with van der Waals surface area (Å²) >= 11 is 0. The van der Waals surface area contributed by atoms with Crippen LogP contribution in [0.15, 0.2) is 0 Å². The van der Waals surface area contributed by atoms with Crippen LogP contribution in [-0.4, -0.2) is 21.9 Å². The van der Waals surface area contributed by atoms with Crippen LogP contribution in [0.5, 0.6) is 0 Å². The van der Waals surface area contributed by atoms with Gasteiger partial charge in [0.1, 0.15) is 0 Å². The van der Waals surface area contributed by atoms with Crippen molar-refractivity contribution in [3.8, 4) is 0 Å². The molecule has 0 saturated heterocycles. The first-order valence-electron chi connectivity index (χ1n) is 4.81. The van der Waals surface area contributed by atoms with E-state index in [1.807, 2.05) is 0 Å². The third-order valence-electron chi connectivity index (χ3n) is 2.99. The van der Waals surface area contributed by atoms with E-state index in [0.717, 1.165) is 19.3 Å². The highest BCUT2D eigenvalue weighted by atomic mass is 16.3. The fourth-order valence-corrected chi connectivity index (χ4v) is 2.17. The summed E-state index contributed by atoms with van der Waals surface area (Å²) in [5.74, 6) is 0.673. The summed E-state index contributed by atoms with van der Waals surface area (Å²) in [5.41, 5.74) is -0.723. The molecule has 0 radical (unpaired) electrons. The molecule has 1 rings (SSSR count). The molecule has 0 bridgehead atoms. The number of hydrogen-bond acceptors (Lipinski definition) is 2. The molecular formula is C10H20O2. The molecule has 0 heterocycles. The minimum Gasteiger partial charge on any atom is -0.393 e. The Kier molecular flexibility index (Phi) is 2.79. The van der Waals surface area contributed by atoms with Gasteiger partial charge < -0.3 is 10.2 Å². The monoisotopic (exact) mass is 172 g/mol. The van der Waals surface area contributed by atoms with Gasteiger partial charge >= 0.3 is 0 Å². The van der Waals surface area contributed by atoms with E-state index in [-0.39, 0.29) is 12.0 Å². The molecule has 0 aromatic carbocycles. The fraction of sp³-hybridized carbons (Fsp3) is 1.00. The van der Waals surface area contributed by atoms with Crippen LogP contribution >= 0.6 is 0 Å². The van der Waals surface area contributed by atoms with Crippen molar-refractivity contribution in [1.29, 1.82) is 0 Å². The molecule has 1 aliphatic carbocycles. The zero-order valence-corrected chi connectivity index (χ0v) is 8.25. The topological polar surface area (TPSA) is 40.5 Å². The summed E-state index contributed by atoms with van der Waals surface area (Å²) in [6, 6.07) is 0. The first-order chi connectivity index (χ1) is 5.41. The molecule has 0 aromatic rings. The van der Waals surface area contributed by atoms with Crippen molar-refractivity contribution in [1.82, 2.24) is 0 Å². The second-order valence-electron chi connectivity index (χ2n) is 4.75. The predicted molar refractivity (Wildman–Crippen MR) is 48.8 cm³/mol. The smallest absolute Gasteiger partial charge is 0.0644 e. The van der Waals surface area contributed by atoms with Crippen molar-refractivity contribution < 1.29 is 10.2 Å². The first kappa shape index (κ1) is 10.0. The van der Waals surface area contributed by atoms with Gasteiger partial charge in [0, 0.05) is 5.92 Å². The van der Waals surface area contributed by atoms with Gasteiger partial charge in [0.25, 0.3) is 0 Å². The molecule has 0 spiro atoms. The molecule has 0 unspecified atom stereocenters. The van der Waals surface area contributed by atoms with Crippen LogP contribution < -0.4 is 0 Å². The van der Waals surface area contributed by atoms with Gasteiger partial charge in [-0.1, -0.05) is 13.3 Å². The van der Waals surface area contributed by atoms with Gasteiger partial charge in [-0.3, -0.25) is 0 Å². The zero-order chi connectivity index (χ0) is 9.35. The maximum Gasteiger partial charge on any atom is 0.0644 e. The average molecular weight is 172 g/mol.